The average Bonchev–Trinajstić information content (AvgIpc) is 3.37. The molecule has 0 radical (unpaired) electrons. The van der Waals surface area contributed by atoms with Crippen LogP contribution < -0.4 is 10.1 Å². The molecule has 8 nitrogen and oxygen atoms in total. The number of nitrogens with zero attached hydrogens (tertiary/aromatic N) is 3. The molecule has 1 unspecified atom stereocenters. The number of carbonyl (C=O) groups is 1. The van der Waals surface area contributed by atoms with Gasteiger partial charge in [-0.3, -0.25) is 4.79 Å². The summed E-state index contributed by atoms with van der Waals surface area (Å²) in [6.07, 6.45) is 0.455. The normalized spacial score (nSPS) is 16.9. The Labute approximate surface area is 207 Å². The molecule has 4 aromatic rings. The van der Waals surface area contributed by atoms with Gasteiger partial charge in [0.05, 0.1) is 47.0 Å². The van der Waals surface area contributed by atoms with Gasteiger partial charge in [0.15, 0.2) is 15.5 Å². The second-order valence-electron chi connectivity index (χ2n) is 8.53. The fourth-order valence-corrected chi connectivity index (χ4v) is 6.27. The number of amides is 1. The maximum absolute atomic E-state index is 13.5. The minimum absolute atomic E-state index is 0.00169. The third kappa shape index (κ3) is 4.61. The number of aromatic nitrogens is 3. The van der Waals surface area contributed by atoms with E-state index in [1.807, 2.05) is 24.3 Å². The molecule has 1 aliphatic heterocycles. The molecule has 35 heavy (non-hydrogen) atoms. The van der Waals surface area contributed by atoms with Gasteiger partial charge in [-0.25, -0.2) is 18.1 Å². The van der Waals surface area contributed by atoms with Gasteiger partial charge in [0.1, 0.15) is 5.75 Å². The molecule has 2 aromatic carbocycles. The Morgan fingerprint density at radius 1 is 1.17 bits per heavy atom. The van der Waals surface area contributed by atoms with Crippen LogP contribution in [0.5, 0.6) is 5.75 Å². The van der Waals surface area contributed by atoms with Crippen molar-refractivity contribution in [2.45, 2.75) is 19.4 Å². The van der Waals surface area contributed by atoms with Crippen molar-refractivity contribution < 1.29 is 17.9 Å². The second kappa shape index (κ2) is 8.98. The first-order valence-corrected chi connectivity index (χ1v) is 13.3. The predicted octanol–water partition coefficient (Wildman–Crippen LogP) is 4.68. The molecule has 10 heteroatoms. The summed E-state index contributed by atoms with van der Waals surface area (Å²) in [6.45, 7) is 1.80. The summed E-state index contributed by atoms with van der Waals surface area (Å²) in [5.74, 6) is 0.474. The van der Waals surface area contributed by atoms with Crippen molar-refractivity contribution >= 4 is 44.1 Å². The third-order valence-electron chi connectivity index (χ3n) is 6.10. The zero-order chi connectivity index (χ0) is 24.7. The molecule has 1 N–H and O–H groups in total. The van der Waals surface area contributed by atoms with Crippen LogP contribution in [0.4, 0.5) is 5.69 Å². The summed E-state index contributed by atoms with van der Waals surface area (Å²) in [5.41, 5.74) is 3.40. The smallest absolute Gasteiger partial charge is 0.256 e. The summed E-state index contributed by atoms with van der Waals surface area (Å²) < 4.78 is 31.2. The van der Waals surface area contributed by atoms with Crippen LogP contribution in [0.25, 0.3) is 22.3 Å². The van der Waals surface area contributed by atoms with Gasteiger partial charge < -0.3 is 10.1 Å². The zero-order valence-corrected chi connectivity index (χ0v) is 20.7. The Hall–Kier alpha value is -3.43. The van der Waals surface area contributed by atoms with Crippen molar-refractivity contribution in [1.82, 2.24) is 14.8 Å². The lowest BCUT2D eigenvalue weighted by molar-refractivity contribution is 0.102. The highest BCUT2D eigenvalue weighted by Gasteiger charge is 2.32. The maximum Gasteiger partial charge on any atom is 0.256 e. The number of methoxy groups -OCH3 is 1. The molecule has 0 saturated carbocycles. The first kappa shape index (κ1) is 23.3. The molecule has 0 aliphatic carbocycles. The molecular weight excluding hydrogens is 488 g/mol. The number of sulfone groups is 1. The number of nitrogens with one attached hydrogen (secondary N) is 1. The number of fused-ring (bicyclic) bond motifs is 1. The van der Waals surface area contributed by atoms with E-state index >= 15 is 0 Å². The summed E-state index contributed by atoms with van der Waals surface area (Å²) >= 11 is 6.09. The van der Waals surface area contributed by atoms with Gasteiger partial charge in [-0.1, -0.05) is 17.7 Å². The van der Waals surface area contributed by atoms with Gasteiger partial charge in [-0.2, -0.15) is 5.10 Å². The fourth-order valence-electron chi connectivity index (χ4n) is 4.39. The maximum atomic E-state index is 13.5. The van der Waals surface area contributed by atoms with Gasteiger partial charge in [-0.15, -0.1) is 0 Å². The molecule has 1 amide bonds. The van der Waals surface area contributed by atoms with Crippen LogP contribution in [-0.4, -0.2) is 47.7 Å². The van der Waals surface area contributed by atoms with E-state index in [0.717, 1.165) is 5.56 Å². The van der Waals surface area contributed by atoms with Crippen molar-refractivity contribution in [3.8, 4) is 17.0 Å². The highest BCUT2D eigenvalue weighted by atomic mass is 35.5. The third-order valence-corrected chi connectivity index (χ3v) is 8.09. The average molecular weight is 511 g/mol. The number of halogens is 1. The first-order valence-electron chi connectivity index (χ1n) is 11.1. The largest absolute Gasteiger partial charge is 0.497 e. The van der Waals surface area contributed by atoms with E-state index in [4.69, 9.17) is 21.3 Å². The summed E-state index contributed by atoms with van der Waals surface area (Å²) in [5, 5.41) is 8.63. The second-order valence-corrected chi connectivity index (χ2v) is 11.2. The number of aryl methyl sites for hydroxylation is 1. The van der Waals surface area contributed by atoms with E-state index in [1.54, 1.807) is 49.0 Å². The first-order chi connectivity index (χ1) is 16.7. The number of pyridine rings is 1. The van der Waals surface area contributed by atoms with Crippen LogP contribution in [0.3, 0.4) is 0 Å². The van der Waals surface area contributed by atoms with Crippen LogP contribution in [0.2, 0.25) is 5.02 Å². The van der Waals surface area contributed by atoms with Gasteiger partial charge in [0, 0.05) is 16.3 Å². The van der Waals surface area contributed by atoms with Gasteiger partial charge in [-0.05, 0) is 61.9 Å². The SMILES string of the molecule is COc1ccc(-c2cc(C(=O)Nc3cccc(Cl)c3)c3c(C)nn(C4CCS(=O)(=O)C4)c3n2)cc1. The Kier molecular flexibility index (Phi) is 5.98. The lowest BCUT2D eigenvalue weighted by Gasteiger charge is -2.13. The molecule has 0 spiro atoms. The molecule has 3 heterocycles. The van der Waals surface area contributed by atoms with Crippen molar-refractivity contribution in [3.63, 3.8) is 0 Å². The topological polar surface area (TPSA) is 103 Å². The Balaban J connectivity index is 1.67. The molecule has 0 bridgehead atoms. The molecule has 180 valence electrons. The van der Waals surface area contributed by atoms with Gasteiger partial charge >= 0.3 is 0 Å². The number of carbonyl (C=O) groups excluding carboxylic acids is 1. The van der Waals surface area contributed by atoms with E-state index in [9.17, 15) is 13.2 Å². The predicted molar refractivity (Wildman–Crippen MR) is 136 cm³/mol. The fraction of sp³-hybridized carbons (Fsp3) is 0.240. The van der Waals surface area contributed by atoms with Crippen LogP contribution in [0.15, 0.2) is 54.6 Å². The minimum atomic E-state index is -3.14. The molecule has 1 fully saturated rings. The molecule has 5 rings (SSSR count). The van der Waals surface area contributed by atoms with Gasteiger partial charge in [0.25, 0.3) is 5.91 Å². The molecule has 1 aliphatic rings. The molecule has 1 atom stereocenters. The number of rotatable bonds is 5. The van der Waals surface area contributed by atoms with E-state index in [2.05, 4.69) is 10.4 Å². The number of hydrogen-bond acceptors (Lipinski definition) is 6. The number of benzene rings is 2. The number of hydrogen-bond donors (Lipinski definition) is 1. The Morgan fingerprint density at radius 3 is 2.60 bits per heavy atom. The van der Waals surface area contributed by atoms with E-state index in [0.29, 0.717) is 50.9 Å². The lowest BCUT2D eigenvalue weighted by atomic mass is 10.0. The van der Waals surface area contributed by atoms with E-state index in [1.165, 1.54) is 0 Å². The van der Waals surface area contributed by atoms with Crippen LogP contribution >= 0.6 is 11.6 Å². The summed E-state index contributed by atoms with van der Waals surface area (Å²) in [6, 6.07) is 15.7. The minimum Gasteiger partial charge on any atom is -0.497 e. The van der Waals surface area contributed by atoms with Gasteiger partial charge in [0.2, 0.25) is 0 Å². The van der Waals surface area contributed by atoms with E-state index in [-0.39, 0.29) is 23.5 Å². The highest BCUT2D eigenvalue weighted by Crippen LogP contribution is 2.33. The van der Waals surface area contributed by atoms with Crippen molar-refractivity contribution in [2.75, 3.05) is 23.9 Å². The highest BCUT2D eigenvalue weighted by molar-refractivity contribution is 7.91. The summed E-state index contributed by atoms with van der Waals surface area (Å²) in [7, 11) is -1.55. The summed E-state index contributed by atoms with van der Waals surface area (Å²) in [4.78, 5) is 18.3. The quantitative estimate of drug-likeness (QED) is 0.418. The van der Waals surface area contributed by atoms with Crippen molar-refractivity contribution in [1.29, 1.82) is 0 Å². The van der Waals surface area contributed by atoms with E-state index < -0.39 is 9.84 Å². The number of ether oxygens (including phenoxy) is 1. The molecule has 1 saturated heterocycles. The van der Waals surface area contributed by atoms with Crippen LogP contribution in [-0.2, 0) is 9.84 Å². The monoisotopic (exact) mass is 510 g/mol. The zero-order valence-electron chi connectivity index (χ0n) is 19.2. The Bertz CT molecular complexity index is 1550. The Morgan fingerprint density at radius 2 is 1.94 bits per heavy atom. The molecular formula is C25H23ClN4O4S. The number of anilines is 1. The van der Waals surface area contributed by atoms with Crippen molar-refractivity contribution in [2.24, 2.45) is 0 Å². The van der Waals surface area contributed by atoms with Crippen LogP contribution in [0, 0.1) is 6.92 Å². The van der Waals surface area contributed by atoms with Crippen molar-refractivity contribution in [3.05, 3.63) is 70.9 Å². The standard InChI is InChI=1S/C25H23ClN4O4S/c1-15-23-21(25(31)27-18-5-3-4-17(26)12-18)13-22(16-6-8-20(34-2)9-7-16)28-24(23)30(29-15)19-10-11-35(32,33)14-19/h3-9,12-13,19H,10-11,14H2,1-2H3,(H,27,31). The lowest BCUT2D eigenvalue weighted by Crippen LogP contribution is -2.15. The molecule has 2 aromatic heterocycles. The van der Waals surface area contributed by atoms with Crippen LogP contribution in [0.1, 0.15) is 28.5 Å².